The Hall–Kier alpha value is -1.20. The molecule has 1 aliphatic rings. The van der Waals surface area contributed by atoms with Crippen LogP contribution >= 0.6 is 0 Å². The van der Waals surface area contributed by atoms with E-state index in [-0.39, 0.29) is 0 Å². The van der Waals surface area contributed by atoms with Gasteiger partial charge in [-0.3, -0.25) is 4.98 Å². The van der Waals surface area contributed by atoms with Gasteiger partial charge in [0.25, 0.3) is 0 Å². The molecule has 2 heterocycles. The van der Waals surface area contributed by atoms with Crippen molar-refractivity contribution in [2.45, 2.75) is 33.4 Å². The lowest BCUT2D eigenvalue weighted by molar-refractivity contribution is 0.233. The van der Waals surface area contributed by atoms with E-state index in [1.807, 2.05) is 12.4 Å². The van der Waals surface area contributed by atoms with E-state index in [2.05, 4.69) is 47.9 Å². The van der Waals surface area contributed by atoms with Crippen LogP contribution in [0.5, 0.6) is 0 Å². The van der Waals surface area contributed by atoms with Crippen LogP contribution in [0.2, 0.25) is 0 Å². The predicted octanol–water partition coefficient (Wildman–Crippen LogP) is 1.36. The molecule has 0 radical (unpaired) electrons. The Labute approximate surface area is 122 Å². The van der Waals surface area contributed by atoms with Crippen LogP contribution in [-0.4, -0.2) is 54.1 Å². The van der Waals surface area contributed by atoms with Crippen LogP contribution in [0.3, 0.4) is 0 Å². The second kappa shape index (κ2) is 6.99. The molecule has 2 rings (SSSR count). The Kier molecular flexibility index (Phi) is 5.31. The molecule has 1 atom stereocenters. The van der Waals surface area contributed by atoms with Crippen molar-refractivity contribution in [3.05, 3.63) is 18.1 Å². The van der Waals surface area contributed by atoms with Crippen LogP contribution in [0.25, 0.3) is 0 Å². The zero-order valence-electron chi connectivity index (χ0n) is 13.1. The minimum Gasteiger partial charge on any atom is -0.352 e. The molecule has 112 valence electrons. The van der Waals surface area contributed by atoms with E-state index in [1.165, 1.54) is 0 Å². The number of anilines is 1. The molecule has 0 aromatic carbocycles. The van der Waals surface area contributed by atoms with E-state index in [9.17, 15) is 0 Å². The number of nitrogens with zero attached hydrogens (tertiary/aromatic N) is 4. The quantitative estimate of drug-likeness (QED) is 0.880. The molecule has 0 saturated carbocycles. The van der Waals surface area contributed by atoms with Gasteiger partial charge in [0.05, 0.1) is 11.9 Å². The third-order valence-corrected chi connectivity index (χ3v) is 3.81. The van der Waals surface area contributed by atoms with Crippen molar-refractivity contribution in [1.29, 1.82) is 0 Å². The van der Waals surface area contributed by atoms with Crippen molar-refractivity contribution in [3.8, 4) is 0 Å². The molecule has 1 aromatic rings. The number of aromatic nitrogens is 2. The summed E-state index contributed by atoms with van der Waals surface area (Å²) in [7, 11) is 2.18. The minimum atomic E-state index is 0.563. The van der Waals surface area contributed by atoms with Crippen molar-refractivity contribution in [2.75, 3.05) is 38.1 Å². The Bertz CT molecular complexity index is 420. The first-order valence-electron chi connectivity index (χ1n) is 7.53. The summed E-state index contributed by atoms with van der Waals surface area (Å²) >= 11 is 0. The van der Waals surface area contributed by atoms with Crippen molar-refractivity contribution in [2.24, 2.45) is 5.92 Å². The number of hydrogen-bond acceptors (Lipinski definition) is 5. The average molecular weight is 277 g/mol. The van der Waals surface area contributed by atoms with Gasteiger partial charge >= 0.3 is 0 Å². The summed E-state index contributed by atoms with van der Waals surface area (Å²) in [6.07, 6.45) is 3.74. The smallest absolute Gasteiger partial charge is 0.147 e. The maximum absolute atomic E-state index is 4.74. The Morgan fingerprint density at radius 2 is 2.15 bits per heavy atom. The molecule has 0 bridgehead atoms. The molecule has 5 heteroatoms. The molecular weight excluding hydrogens is 250 g/mol. The molecule has 20 heavy (non-hydrogen) atoms. The summed E-state index contributed by atoms with van der Waals surface area (Å²) in [5, 5.41) is 3.42. The summed E-state index contributed by atoms with van der Waals surface area (Å²) in [4.78, 5) is 13.8. The lowest BCUT2D eigenvalue weighted by Gasteiger charge is -2.38. The largest absolute Gasteiger partial charge is 0.352 e. The molecular formula is C15H27N5. The number of nitrogens with one attached hydrogen (secondary N) is 1. The molecule has 0 spiro atoms. The fourth-order valence-electron chi connectivity index (χ4n) is 2.38. The van der Waals surface area contributed by atoms with Crippen LogP contribution in [0.15, 0.2) is 12.4 Å². The second-order valence-corrected chi connectivity index (χ2v) is 6.17. The van der Waals surface area contributed by atoms with Crippen molar-refractivity contribution >= 4 is 5.82 Å². The predicted molar refractivity (Wildman–Crippen MR) is 82.9 cm³/mol. The van der Waals surface area contributed by atoms with Gasteiger partial charge in [-0.2, -0.15) is 0 Å². The van der Waals surface area contributed by atoms with Crippen molar-refractivity contribution < 1.29 is 0 Å². The number of likely N-dealkylation sites (N-methyl/N-ethyl adjacent to an activating group) is 1. The Balaban J connectivity index is 1.95. The summed E-state index contributed by atoms with van der Waals surface area (Å²) < 4.78 is 0. The van der Waals surface area contributed by atoms with Gasteiger partial charge in [0.2, 0.25) is 0 Å². The molecule has 1 aliphatic heterocycles. The molecule has 0 aliphatic carbocycles. The van der Waals surface area contributed by atoms with Crippen molar-refractivity contribution in [1.82, 2.24) is 20.2 Å². The topological polar surface area (TPSA) is 44.3 Å². The fraction of sp³-hybridized carbons (Fsp3) is 0.733. The van der Waals surface area contributed by atoms with E-state index < -0.39 is 0 Å². The Morgan fingerprint density at radius 3 is 2.85 bits per heavy atom. The highest BCUT2D eigenvalue weighted by Gasteiger charge is 2.21. The number of hydrogen-bond donors (Lipinski definition) is 1. The standard InChI is InChI=1S/C15H27N5/c1-12(2)7-16-8-14-9-17-10-15(18-14)20-6-5-19(4)13(3)11-20/h9-10,12-13,16H,5-8,11H2,1-4H3. The monoisotopic (exact) mass is 277 g/mol. The fourth-order valence-corrected chi connectivity index (χ4v) is 2.38. The van der Waals surface area contributed by atoms with Gasteiger partial charge in [0, 0.05) is 38.4 Å². The van der Waals surface area contributed by atoms with Gasteiger partial charge < -0.3 is 15.1 Å². The van der Waals surface area contributed by atoms with Crippen LogP contribution in [0, 0.1) is 5.92 Å². The normalized spacial score (nSPS) is 20.6. The first-order chi connectivity index (χ1) is 9.56. The molecule has 0 amide bonds. The van der Waals surface area contributed by atoms with Gasteiger partial charge in [-0.25, -0.2) is 4.98 Å². The van der Waals surface area contributed by atoms with Crippen LogP contribution in [-0.2, 0) is 6.54 Å². The van der Waals surface area contributed by atoms with E-state index in [0.29, 0.717) is 12.0 Å². The van der Waals surface area contributed by atoms with E-state index >= 15 is 0 Å². The third-order valence-electron chi connectivity index (χ3n) is 3.81. The number of piperazine rings is 1. The summed E-state index contributed by atoms with van der Waals surface area (Å²) in [6, 6.07) is 0.563. The first kappa shape index (κ1) is 15.2. The highest BCUT2D eigenvalue weighted by Crippen LogP contribution is 2.15. The average Bonchev–Trinajstić information content (AvgIpc) is 2.42. The molecule has 1 fully saturated rings. The minimum absolute atomic E-state index is 0.563. The zero-order valence-corrected chi connectivity index (χ0v) is 13.1. The lowest BCUT2D eigenvalue weighted by Crippen LogP contribution is -2.50. The molecule has 1 unspecified atom stereocenters. The summed E-state index contributed by atoms with van der Waals surface area (Å²) in [5.74, 6) is 1.67. The lowest BCUT2D eigenvalue weighted by atomic mass is 10.2. The highest BCUT2D eigenvalue weighted by atomic mass is 15.3. The zero-order chi connectivity index (χ0) is 14.5. The molecule has 1 aromatic heterocycles. The first-order valence-corrected chi connectivity index (χ1v) is 7.53. The van der Waals surface area contributed by atoms with Gasteiger partial charge in [-0.15, -0.1) is 0 Å². The maximum atomic E-state index is 4.74. The Morgan fingerprint density at radius 1 is 1.35 bits per heavy atom. The van der Waals surface area contributed by atoms with E-state index in [1.54, 1.807) is 0 Å². The van der Waals surface area contributed by atoms with Gasteiger partial charge in [-0.1, -0.05) is 13.8 Å². The molecule has 1 saturated heterocycles. The van der Waals surface area contributed by atoms with Gasteiger partial charge in [0.15, 0.2) is 0 Å². The van der Waals surface area contributed by atoms with Gasteiger partial charge in [0.1, 0.15) is 5.82 Å². The summed E-state index contributed by atoms with van der Waals surface area (Å²) in [5.41, 5.74) is 1.02. The van der Waals surface area contributed by atoms with Crippen LogP contribution < -0.4 is 10.2 Å². The third kappa shape index (κ3) is 4.15. The molecule has 5 nitrogen and oxygen atoms in total. The van der Waals surface area contributed by atoms with E-state index in [4.69, 9.17) is 4.98 Å². The van der Waals surface area contributed by atoms with Gasteiger partial charge in [-0.05, 0) is 26.4 Å². The molecule has 1 N–H and O–H groups in total. The number of rotatable bonds is 5. The summed E-state index contributed by atoms with van der Waals surface area (Å²) in [6.45, 7) is 11.6. The second-order valence-electron chi connectivity index (χ2n) is 6.17. The van der Waals surface area contributed by atoms with Crippen LogP contribution in [0.1, 0.15) is 26.5 Å². The van der Waals surface area contributed by atoms with E-state index in [0.717, 1.165) is 44.2 Å². The SMILES string of the molecule is CC(C)CNCc1cncc(N2CCN(C)C(C)C2)n1. The maximum Gasteiger partial charge on any atom is 0.147 e. The highest BCUT2D eigenvalue weighted by molar-refractivity contribution is 5.37. The van der Waals surface area contributed by atoms with Crippen molar-refractivity contribution in [3.63, 3.8) is 0 Å². The van der Waals surface area contributed by atoms with Crippen LogP contribution in [0.4, 0.5) is 5.82 Å².